The van der Waals surface area contributed by atoms with Crippen molar-refractivity contribution in [3.8, 4) is 0 Å². The van der Waals surface area contributed by atoms with Crippen LogP contribution >= 0.6 is 0 Å². The third-order valence-electron chi connectivity index (χ3n) is 11.9. The lowest BCUT2D eigenvalue weighted by atomic mass is 10.1. The van der Waals surface area contributed by atoms with Crippen molar-refractivity contribution in [3.63, 3.8) is 0 Å². The second kappa shape index (κ2) is 55.2. The Hall–Kier alpha value is -3.41. The molecule has 0 unspecified atom stereocenters. The zero-order valence-electron chi connectivity index (χ0n) is 43.9. The van der Waals surface area contributed by atoms with Gasteiger partial charge in [0, 0.05) is 19.3 Å². The number of rotatable bonds is 50. The second-order valence-electron chi connectivity index (χ2n) is 18.5. The molecule has 0 aromatic rings. The van der Waals surface area contributed by atoms with E-state index < -0.39 is 6.10 Å². The van der Waals surface area contributed by atoms with Gasteiger partial charge in [0.15, 0.2) is 6.10 Å². The lowest BCUT2D eigenvalue weighted by Gasteiger charge is -2.18. The Kier molecular flexibility index (Phi) is 52.4. The summed E-state index contributed by atoms with van der Waals surface area (Å²) in [4.78, 5) is 38.1. The van der Waals surface area contributed by atoms with Crippen LogP contribution in [0.5, 0.6) is 0 Å². The van der Waals surface area contributed by atoms with Crippen molar-refractivity contribution in [3.05, 3.63) is 85.1 Å². The van der Waals surface area contributed by atoms with Gasteiger partial charge in [0.25, 0.3) is 0 Å². The molecular weight excluding hydrogens is 829 g/mol. The Morgan fingerprint density at radius 1 is 0.313 bits per heavy atom. The molecule has 0 bridgehead atoms. The second-order valence-corrected chi connectivity index (χ2v) is 18.5. The van der Waals surface area contributed by atoms with Gasteiger partial charge in [-0.15, -0.1) is 0 Å². The molecule has 0 fully saturated rings. The molecule has 0 aliphatic heterocycles. The number of carbonyl (C=O) groups is 3. The lowest BCUT2D eigenvalue weighted by Crippen LogP contribution is -2.30. The van der Waals surface area contributed by atoms with Crippen molar-refractivity contribution in [1.29, 1.82) is 0 Å². The number of allylic oxidation sites excluding steroid dienone is 14. The predicted octanol–water partition coefficient (Wildman–Crippen LogP) is 18.8. The number of esters is 3. The number of carbonyl (C=O) groups excluding carboxylic acids is 3. The minimum atomic E-state index is -0.806. The van der Waals surface area contributed by atoms with Gasteiger partial charge in [-0.1, -0.05) is 221 Å². The molecule has 67 heavy (non-hydrogen) atoms. The molecule has 0 aliphatic carbocycles. The highest BCUT2D eigenvalue weighted by atomic mass is 16.6. The Labute approximate surface area is 414 Å². The van der Waals surface area contributed by atoms with Crippen LogP contribution < -0.4 is 0 Å². The van der Waals surface area contributed by atoms with Crippen molar-refractivity contribution in [2.75, 3.05) is 13.2 Å². The molecule has 0 amide bonds. The number of hydrogen-bond donors (Lipinski definition) is 0. The van der Waals surface area contributed by atoms with E-state index in [2.05, 4.69) is 106 Å². The average Bonchev–Trinajstić information content (AvgIpc) is 3.33. The maximum absolute atomic E-state index is 12.8. The minimum Gasteiger partial charge on any atom is -0.462 e. The topological polar surface area (TPSA) is 78.9 Å². The molecule has 6 nitrogen and oxygen atoms in total. The SMILES string of the molecule is CC/C=C\C/C=C\C/C=C\C/C=C\C/C=C\CCCC(=O)OC[C@H](COC(=O)CCCCCCCCC/C=C\CCCCCCCC)OC(=O)CCCCCCC/C=C\CCCCCCCC. The van der Waals surface area contributed by atoms with Gasteiger partial charge >= 0.3 is 17.9 Å². The highest BCUT2D eigenvalue weighted by Crippen LogP contribution is 2.14. The first-order valence-electron chi connectivity index (χ1n) is 28.1. The third-order valence-corrected chi connectivity index (χ3v) is 11.9. The van der Waals surface area contributed by atoms with Gasteiger partial charge in [-0.3, -0.25) is 14.4 Å². The maximum atomic E-state index is 12.8. The molecule has 0 spiro atoms. The van der Waals surface area contributed by atoms with Crippen LogP contribution in [0.2, 0.25) is 0 Å². The van der Waals surface area contributed by atoms with Gasteiger partial charge in [-0.25, -0.2) is 0 Å². The average molecular weight is 933 g/mol. The van der Waals surface area contributed by atoms with Crippen LogP contribution in [0.1, 0.15) is 265 Å². The minimum absolute atomic E-state index is 0.0995. The summed E-state index contributed by atoms with van der Waals surface area (Å²) in [6.07, 6.45) is 71.4. The van der Waals surface area contributed by atoms with Crippen molar-refractivity contribution < 1.29 is 28.6 Å². The number of hydrogen-bond acceptors (Lipinski definition) is 6. The van der Waals surface area contributed by atoms with Crippen molar-refractivity contribution in [2.24, 2.45) is 0 Å². The first-order valence-corrected chi connectivity index (χ1v) is 28.1. The molecule has 0 saturated heterocycles. The van der Waals surface area contributed by atoms with Crippen LogP contribution in [0, 0.1) is 0 Å². The molecule has 384 valence electrons. The fourth-order valence-electron chi connectivity index (χ4n) is 7.64. The van der Waals surface area contributed by atoms with E-state index in [1.807, 2.05) is 0 Å². The summed E-state index contributed by atoms with van der Waals surface area (Å²) in [5.41, 5.74) is 0. The predicted molar refractivity (Wildman–Crippen MR) is 288 cm³/mol. The molecule has 1 atom stereocenters. The molecule has 0 N–H and O–H groups in total. The van der Waals surface area contributed by atoms with Crippen LogP contribution in [0.25, 0.3) is 0 Å². The van der Waals surface area contributed by atoms with Gasteiger partial charge in [-0.05, 0) is 109 Å². The summed E-state index contributed by atoms with van der Waals surface area (Å²) >= 11 is 0. The zero-order chi connectivity index (χ0) is 48.6. The molecule has 0 aromatic heterocycles. The molecule has 6 heteroatoms. The Morgan fingerprint density at radius 2 is 0.597 bits per heavy atom. The van der Waals surface area contributed by atoms with Gasteiger partial charge in [0.1, 0.15) is 13.2 Å². The first-order chi connectivity index (χ1) is 33.0. The van der Waals surface area contributed by atoms with E-state index in [-0.39, 0.29) is 37.5 Å². The van der Waals surface area contributed by atoms with Gasteiger partial charge in [0.05, 0.1) is 0 Å². The molecule has 0 rings (SSSR count). The van der Waals surface area contributed by atoms with Crippen molar-refractivity contribution in [2.45, 2.75) is 271 Å². The number of ether oxygens (including phenoxy) is 3. The zero-order valence-corrected chi connectivity index (χ0v) is 43.9. The number of unbranched alkanes of at least 4 members (excludes halogenated alkanes) is 25. The monoisotopic (exact) mass is 933 g/mol. The fraction of sp³-hybridized carbons (Fsp3) is 0.721. The van der Waals surface area contributed by atoms with Crippen molar-refractivity contribution >= 4 is 17.9 Å². The third kappa shape index (κ3) is 53.4. The van der Waals surface area contributed by atoms with Gasteiger partial charge < -0.3 is 14.2 Å². The summed E-state index contributed by atoms with van der Waals surface area (Å²) in [7, 11) is 0. The van der Waals surface area contributed by atoms with Crippen molar-refractivity contribution in [1.82, 2.24) is 0 Å². The van der Waals surface area contributed by atoms with E-state index in [1.165, 1.54) is 128 Å². The van der Waals surface area contributed by atoms with Crippen LogP contribution in [0.3, 0.4) is 0 Å². The van der Waals surface area contributed by atoms with E-state index in [0.29, 0.717) is 19.3 Å². The molecule has 0 saturated carbocycles. The highest BCUT2D eigenvalue weighted by molar-refractivity contribution is 5.71. The molecule has 0 aliphatic rings. The van der Waals surface area contributed by atoms with Gasteiger partial charge in [-0.2, -0.15) is 0 Å². The van der Waals surface area contributed by atoms with E-state index in [1.54, 1.807) is 0 Å². The highest BCUT2D eigenvalue weighted by Gasteiger charge is 2.19. The standard InChI is InChI=1S/C61H104O6/c1-4-7-10-13-16-19-22-25-28-30-33-35-38-41-44-47-50-53-59(62)65-56-58(67-61(64)55-52-49-46-43-40-37-32-27-24-21-18-15-12-9-6-3)57-66-60(63)54-51-48-45-42-39-36-34-31-29-26-23-20-17-14-11-8-5-2/h7,10,16,19,25-29,32-33,35,41,44,58H,4-6,8-9,11-15,17-18,20-24,30-31,34,36-40,42-43,45-57H2,1-3H3/b10-7-,19-16-,28-25-,29-26-,32-27-,35-33-,44-41-/t58-/m1/s1. The quantitative estimate of drug-likeness (QED) is 0.0262. The van der Waals surface area contributed by atoms with E-state index in [9.17, 15) is 14.4 Å². The summed E-state index contributed by atoms with van der Waals surface area (Å²) in [6.45, 7) is 6.47. The Bertz CT molecular complexity index is 1300. The van der Waals surface area contributed by atoms with Crippen LogP contribution in [-0.2, 0) is 28.6 Å². The largest absolute Gasteiger partial charge is 0.462 e. The molecule has 0 heterocycles. The van der Waals surface area contributed by atoms with Crippen LogP contribution in [0.4, 0.5) is 0 Å². The normalized spacial score (nSPS) is 12.7. The lowest BCUT2D eigenvalue weighted by molar-refractivity contribution is -0.167. The molecule has 0 aromatic carbocycles. The summed E-state index contributed by atoms with van der Waals surface area (Å²) < 4.78 is 16.8. The summed E-state index contributed by atoms with van der Waals surface area (Å²) in [6, 6.07) is 0. The van der Waals surface area contributed by atoms with Crippen LogP contribution in [-0.4, -0.2) is 37.2 Å². The maximum Gasteiger partial charge on any atom is 0.306 e. The van der Waals surface area contributed by atoms with E-state index in [0.717, 1.165) is 89.9 Å². The van der Waals surface area contributed by atoms with E-state index in [4.69, 9.17) is 14.2 Å². The first kappa shape index (κ1) is 63.6. The summed E-state index contributed by atoms with van der Waals surface area (Å²) in [5.74, 6) is -0.969. The summed E-state index contributed by atoms with van der Waals surface area (Å²) in [5, 5.41) is 0. The molecule has 0 radical (unpaired) electrons. The van der Waals surface area contributed by atoms with Gasteiger partial charge in [0.2, 0.25) is 0 Å². The molecular formula is C61H104O6. The van der Waals surface area contributed by atoms with E-state index >= 15 is 0 Å². The van der Waals surface area contributed by atoms with Crippen LogP contribution in [0.15, 0.2) is 85.1 Å². The Balaban J connectivity index is 4.48. The fourth-order valence-corrected chi connectivity index (χ4v) is 7.64. The smallest absolute Gasteiger partial charge is 0.306 e. The Morgan fingerprint density at radius 3 is 0.985 bits per heavy atom.